The summed E-state index contributed by atoms with van der Waals surface area (Å²) >= 11 is 0. The summed E-state index contributed by atoms with van der Waals surface area (Å²) in [6, 6.07) is 28.9. The molecule has 0 amide bonds. The lowest BCUT2D eigenvalue weighted by Gasteiger charge is -2.44. The normalized spacial score (nSPS) is 13.1. The van der Waals surface area contributed by atoms with Gasteiger partial charge in [-0.05, 0) is 32.9 Å². The fourth-order valence-corrected chi connectivity index (χ4v) is 5.89. The molecule has 0 spiro atoms. The smallest absolute Gasteiger partial charge is 0.0814 e. The van der Waals surface area contributed by atoms with Crippen molar-refractivity contribution in [3.8, 4) is 0 Å². The summed E-state index contributed by atoms with van der Waals surface area (Å²) in [5, 5.41) is 0. The van der Waals surface area contributed by atoms with Crippen molar-refractivity contribution in [3.63, 3.8) is 0 Å². The van der Waals surface area contributed by atoms with Crippen molar-refractivity contribution in [1.29, 1.82) is 0 Å². The molecule has 0 unspecified atom stereocenters. The van der Waals surface area contributed by atoms with Crippen LogP contribution in [0, 0.1) is 0 Å². The Hall–Kier alpha value is -2.28. The van der Waals surface area contributed by atoms with Crippen LogP contribution in [0.15, 0.2) is 72.8 Å². The van der Waals surface area contributed by atoms with E-state index in [1.807, 2.05) is 0 Å². The Kier molecular flexibility index (Phi) is 8.88. The first kappa shape index (κ1) is 29.3. The highest BCUT2D eigenvalue weighted by atomic mass is 14.2. The van der Waals surface area contributed by atoms with Crippen LogP contribution in [0.5, 0.6) is 0 Å². The molecule has 0 aliphatic heterocycles. The van der Waals surface area contributed by atoms with E-state index in [4.69, 9.17) is 0 Å². The van der Waals surface area contributed by atoms with Gasteiger partial charge in [0.2, 0.25) is 0 Å². The van der Waals surface area contributed by atoms with Crippen LogP contribution < -0.4 is 16.4 Å². The van der Waals surface area contributed by atoms with E-state index in [1.165, 1.54) is 65.1 Å². The first-order valence-electron chi connectivity index (χ1n) is 14.7. The summed E-state index contributed by atoms with van der Waals surface area (Å²) < 4.78 is 0. The maximum absolute atomic E-state index is 2.44. The maximum Gasteiger partial charge on any atom is 0.0814 e. The van der Waals surface area contributed by atoms with Gasteiger partial charge in [0.15, 0.2) is 0 Å². The van der Waals surface area contributed by atoms with Crippen molar-refractivity contribution in [2.45, 2.75) is 117 Å². The highest BCUT2D eigenvalue weighted by Crippen LogP contribution is 2.26. The highest BCUT2D eigenvalue weighted by molar-refractivity contribution is 7.11. The van der Waals surface area contributed by atoms with Crippen molar-refractivity contribution in [3.05, 3.63) is 89.5 Å². The van der Waals surface area contributed by atoms with Crippen LogP contribution in [-0.4, -0.2) is 6.15 Å². The van der Waals surface area contributed by atoms with E-state index in [0.717, 1.165) is 0 Å². The van der Waals surface area contributed by atoms with E-state index in [2.05, 4.69) is 142 Å². The minimum Gasteiger partial charge on any atom is -0.200 e. The molecule has 0 bridgehead atoms. The van der Waals surface area contributed by atoms with Crippen molar-refractivity contribution >= 4 is 22.5 Å². The minimum absolute atomic E-state index is 0.151. The quantitative estimate of drug-likeness (QED) is 0.217. The third kappa shape index (κ3) is 6.79. The second-order valence-electron chi connectivity index (χ2n) is 14.5. The van der Waals surface area contributed by atoms with E-state index in [9.17, 15) is 0 Å². The molecule has 0 saturated heterocycles. The van der Waals surface area contributed by atoms with E-state index >= 15 is 0 Å². The van der Waals surface area contributed by atoms with Crippen LogP contribution in [-0.2, 0) is 16.2 Å². The monoisotopic (exact) mass is 495 g/mol. The van der Waals surface area contributed by atoms with Gasteiger partial charge in [-0.3, -0.25) is 0 Å². The van der Waals surface area contributed by atoms with Gasteiger partial charge in [-0.1, -0.05) is 168 Å². The molecule has 0 radical (unpaired) electrons. The molecular weight excluding hydrogens is 443 g/mol. The van der Waals surface area contributed by atoms with Crippen LogP contribution in [0.25, 0.3) is 0 Å². The van der Waals surface area contributed by atoms with Gasteiger partial charge in [0.25, 0.3) is 0 Å². The summed E-state index contributed by atoms with van der Waals surface area (Å²) in [6.45, 7) is 23.1. The van der Waals surface area contributed by atoms with Crippen LogP contribution in [0.3, 0.4) is 0 Å². The Labute approximate surface area is 229 Å². The molecule has 0 fully saturated rings. The van der Waals surface area contributed by atoms with Crippen LogP contribution in [0.4, 0.5) is 0 Å². The van der Waals surface area contributed by atoms with Crippen molar-refractivity contribution in [2.75, 3.05) is 0 Å². The molecule has 0 atom stereocenters. The predicted molar refractivity (Wildman–Crippen MR) is 169 cm³/mol. The van der Waals surface area contributed by atoms with Gasteiger partial charge in [-0.15, -0.1) is 0 Å². The third-order valence-corrected chi connectivity index (χ3v) is 8.53. The lowest BCUT2D eigenvalue weighted by molar-refractivity contribution is 0.590. The molecular formula is C36H52B-. The molecule has 3 rings (SSSR count). The van der Waals surface area contributed by atoms with Gasteiger partial charge < -0.3 is 0 Å². The van der Waals surface area contributed by atoms with Crippen LogP contribution >= 0.6 is 0 Å². The van der Waals surface area contributed by atoms with Crippen molar-refractivity contribution in [1.82, 2.24) is 0 Å². The Morgan fingerprint density at radius 3 is 0.973 bits per heavy atom. The van der Waals surface area contributed by atoms with Crippen molar-refractivity contribution in [2.24, 2.45) is 0 Å². The zero-order valence-corrected chi connectivity index (χ0v) is 25.5. The molecule has 0 aliphatic rings. The average molecular weight is 496 g/mol. The standard InChI is InChI=1S/C36H52B/c1-11-12-13-14-27-37(31-21-15-28(16-22-31)34(2,3)4,32-23-17-29(18-24-32)35(5,6)7)33-25-19-30(20-26-33)36(8,9)10/h15-26H,11-14,27H2,1-10H3/q-1. The Balaban J connectivity index is 2.25. The molecule has 0 aromatic heterocycles. The van der Waals surface area contributed by atoms with E-state index < -0.39 is 6.15 Å². The second-order valence-corrected chi connectivity index (χ2v) is 14.5. The van der Waals surface area contributed by atoms with Gasteiger partial charge in [-0.2, -0.15) is 22.7 Å². The number of benzene rings is 3. The maximum atomic E-state index is 2.44. The molecule has 0 saturated carbocycles. The molecule has 3 aromatic carbocycles. The van der Waals surface area contributed by atoms with E-state index in [0.29, 0.717) is 0 Å². The lowest BCUT2D eigenvalue weighted by atomic mass is 9.14. The molecule has 200 valence electrons. The summed E-state index contributed by atoms with van der Waals surface area (Å²) in [4.78, 5) is 0. The Morgan fingerprint density at radius 1 is 0.432 bits per heavy atom. The predicted octanol–water partition coefficient (Wildman–Crippen LogP) is 8.63. The average Bonchev–Trinajstić information content (AvgIpc) is 2.83. The topological polar surface area (TPSA) is 0 Å². The van der Waals surface area contributed by atoms with E-state index in [1.54, 1.807) is 0 Å². The minimum atomic E-state index is -1.09. The zero-order valence-electron chi connectivity index (χ0n) is 25.5. The van der Waals surface area contributed by atoms with Gasteiger partial charge in [-0.25, -0.2) is 0 Å². The van der Waals surface area contributed by atoms with Gasteiger partial charge >= 0.3 is 0 Å². The molecule has 1 heteroatoms. The van der Waals surface area contributed by atoms with E-state index in [-0.39, 0.29) is 16.2 Å². The Morgan fingerprint density at radius 2 is 0.730 bits per heavy atom. The number of hydrogen-bond acceptors (Lipinski definition) is 0. The number of unbranched alkanes of at least 4 members (excludes halogenated alkanes) is 3. The summed E-state index contributed by atoms with van der Waals surface area (Å²) in [5.41, 5.74) is 9.06. The van der Waals surface area contributed by atoms with Gasteiger partial charge in [0, 0.05) is 0 Å². The molecule has 0 aliphatic carbocycles. The number of hydrogen-bond donors (Lipinski definition) is 0. The number of rotatable bonds is 8. The molecule has 0 N–H and O–H groups in total. The summed E-state index contributed by atoms with van der Waals surface area (Å²) in [6.07, 6.45) is 5.20. The SMILES string of the molecule is CCCCCC[B-](c1ccc(C(C)(C)C)cc1)(c1ccc(C(C)(C)C)cc1)c1ccc(C(C)(C)C)cc1. The Bertz CT molecular complexity index is 973. The van der Waals surface area contributed by atoms with Crippen LogP contribution in [0.2, 0.25) is 6.32 Å². The molecule has 0 nitrogen and oxygen atoms in total. The van der Waals surface area contributed by atoms with Gasteiger partial charge in [0.1, 0.15) is 0 Å². The second kappa shape index (κ2) is 11.2. The first-order chi connectivity index (χ1) is 17.2. The highest BCUT2D eigenvalue weighted by Gasteiger charge is 2.31. The largest absolute Gasteiger partial charge is 0.200 e. The summed E-state index contributed by atoms with van der Waals surface area (Å²) in [5.74, 6) is 0. The zero-order chi connectivity index (χ0) is 27.5. The first-order valence-corrected chi connectivity index (χ1v) is 14.7. The fraction of sp³-hybridized carbons (Fsp3) is 0.500. The molecule has 37 heavy (non-hydrogen) atoms. The molecule has 0 heterocycles. The van der Waals surface area contributed by atoms with Gasteiger partial charge in [0.05, 0.1) is 6.15 Å². The fourth-order valence-electron chi connectivity index (χ4n) is 5.89. The summed E-state index contributed by atoms with van der Waals surface area (Å²) in [7, 11) is 0. The molecule has 3 aromatic rings. The third-order valence-electron chi connectivity index (χ3n) is 8.53. The van der Waals surface area contributed by atoms with Crippen LogP contribution in [0.1, 0.15) is 112 Å². The van der Waals surface area contributed by atoms with Crippen molar-refractivity contribution < 1.29 is 0 Å². The lowest BCUT2D eigenvalue weighted by Crippen LogP contribution is -2.67.